The highest BCUT2D eigenvalue weighted by atomic mass is 16.1. The average molecular weight is 345 g/mol. The molecular weight excluding hydrogens is 322 g/mol. The van der Waals surface area contributed by atoms with Gasteiger partial charge < -0.3 is 10.2 Å². The van der Waals surface area contributed by atoms with Gasteiger partial charge in [-0.05, 0) is 36.6 Å². The second-order valence-corrected chi connectivity index (χ2v) is 6.17. The number of para-hydroxylation sites is 1. The molecule has 0 aliphatic heterocycles. The number of amides is 1. The summed E-state index contributed by atoms with van der Waals surface area (Å²) in [6.45, 7) is 0.645. The molecule has 0 saturated carbocycles. The Morgan fingerprint density at radius 1 is 0.962 bits per heavy atom. The van der Waals surface area contributed by atoms with Crippen LogP contribution in [-0.2, 0) is 6.42 Å². The minimum Gasteiger partial charge on any atom is -0.352 e. The van der Waals surface area contributed by atoms with Gasteiger partial charge in [-0.15, -0.1) is 0 Å². The Balaban J connectivity index is 1.56. The zero-order valence-electron chi connectivity index (χ0n) is 14.9. The number of hydrogen-bond donors (Lipinski definition) is 1. The fourth-order valence-electron chi connectivity index (χ4n) is 2.78. The molecule has 4 heteroatoms. The van der Waals surface area contributed by atoms with E-state index in [1.165, 1.54) is 5.56 Å². The predicted octanol–water partition coefficient (Wildman–Crippen LogP) is 4.21. The van der Waals surface area contributed by atoms with Crippen LogP contribution in [-0.4, -0.2) is 24.5 Å². The van der Waals surface area contributed by atoms with Gasteiger partial charge in [-0.3, -0.25) is 9.78 Å². The number of anilines is 2. The van der Waals surface area contributed by atoms with Gasteiger partial charge in [0.1, 0.15) is 0 Å². The van der Waals surface area contributed by atoms with Crippen molar-refractivity contribution in [1.29, 1.82) is 0 Å². The number of nitrogens with one attached hydrogen (secondary N) is 1. The van der Waals surface area contributed by atoms with Crippen LogP contribution in [0.1, 0.15) is 22.3 Å². The van der Waals surface area contributed by atoms with E-state index in [2.05, 4.69) is 22.4 Å². The summed E-state index contributed by atoms with van der Waals surface area (Å²) in [5.74, 6) is -0.0890. The van der Waals surface area contributed by atoms with Crippen molar-refractivity contribution in [3.05, 3.63) is 90.3 Å². The standard InChI is InChI=1S/C22H23N3O/c1-25(20-12-6-3-7-13-20)21-15-19(16-23-17-21)22(26)24-14-8-11-18-9-4-2-5-10-18/h2-7,9-10,12-13,15-17H,8,11,14H2,1H3,(H,24,26). The smallest absolute Gasteiger partial charge is 0.252 e. The zero-order valence-corrected chi connectivity index (χ0v) is 14.9. The highest BCUT2D eigenvalue weighted by Crippen LogP contribution is 2.22. The summed E-state index contributed by atoms with van der Waals surface area (Å²) in [6.07, 6.45) is 5.23. The number of carbonyl (C=O) groups excluding carboxylic acids is 1. The van der Waals surface area contributed by atoms with E-state index in [1.807, 2.05) is 66.5 Å². The van der Waals surface area contributed by atoms with Gasteiger partial charge in [0.25, 0.3) is 5.91 Å². The molecule has 0 fully saturated rings. The Morgan fingerprint density at radius 3 is 2.38 bits per heavy atom. The monoisotopic (exact) mass is 345 g/mol. The van der Waals surface area contributed by atoms with Crippen LogP contribution in [0.15, 0.2) is 79.1 Å². The SMILES string of the molecule is CN(c1ccccc1)c1cncc(C(=O)NCCCc2ccccc2)c1. The van der Waals surface area contributed by atoms with Gasteiger partial charge in [0, 0.05) is 25.5 Å². The van der Waals surface area contributed by atoms with Gasteiger partial charge >= 0.3 is 0 Å². The highest BCUT2D eigenvalue weighted by Gasteiger charge is 2.09. The number of carbonyl (C=O) groups is 1. The van der Waals surface area contributed by atoms with E-state index in [1.54, 1.807) is 12.4 Å². The summed E-state index contributed by atoms with van der Waals surface area (Å²) >= 11 is 0. The zero-order chi connectivity index (χ0) is 18.2. The number of pyridine rings is 1. The first-order valence-electron chi connectivity index (χ1n) is 8.80. The molecule has 3 aromatic rings. The largest absolute Gasteiger partial charge is 0.352 e. The lowest BCUT2D eigenvalue weighted by Crippen LogP contribution is -2.25. The average Bonchev–Trinajstić information content (AvgIpc) is 2.72. The lowest BCUT2D eigenvalue weighted by atomic mass is 10.1. The molecule has 0 spiro atoms. The molecule has 2 aromatic carbocycles. The van der Waals surface area contributed by atoms with Crippen LogP contribution in [0.5, 0.6) is 0 Å². The summed E-state index contributed by atoms with van der Waals surface area (Å²) in [5.41, 5.74) is 3.79. The van der Waals surface area contributed by atoms with Crippen molar-refractivity contribution in [2.45, 2.75) is 12.8 Å². The number of hydrogen-bond acceptors (Lipinski definition) is 3. The molecule has 0 bridgehead atoms. The van der Waals surface area contributed by atoms with Gasteiger partial charge in [0.2, 0.25) is 0 Å². The number of rotatable bonds is 7. The topological polar surface area (TPSA) is 45.2 Å². The van der Waals surface area contributed by atoms with Crippen molar-refractivity contribution in [2.75, 3.05) is 18.5 Å². The molecule has 0 unspecified atom stereocenters. The van der Waals surface area contributed by atoms with Crippen molar-refractivity contribution in [2.24, 2.45) is 0 Å². The van der Waals surface area contributed by atoms with Crippen LogP contribution in [0, 0.1) is 0 Å². The summed E-state index contributed by atoms with van der Waals surface area (Å²) in [5, 5.41) is 2.98. The summed E-state index contributed by atoms with van der Waals surface area (Å²) in [7, 11) is 1.97. The number of aryl methyl sites for hydroxylation is 1. The van der Waals surface area contributed by atoms with Crippen molar-refractivity contribution < 1.29 is 4.79 Å². The fourth-order valence-corrected chi connectivity index (χ4v) is 2.78. The minimum absolute atomic E-state index is 0.0890. The molecule has 1 N–H and O–H groups in total. The quantitative estimate of drug-likeness (QED) is 0.652. The van der Waals surface area contributed by atoms with Crippen LogP contribution in [0.25, 0.3) is 0 Å². The summed E-state index contributed by atoms with van der Waals surface area (Å²) in [4.78, 5) is 18.6. The lowest BCUT2D eigenvalue weighted by Gasteiger charge is -2.19. The van der Waals surface area contributed by atoms with Crippen molar-refractivity contribution in [3.63, 3.8) is 0 Å². The number of nitrogens with zero attached hydrogens (tertiary/aromatic N) is 2. The minimum atomic E-state index is -0.0890. The third kappa shape index (κ3) is 4.70. The van der Waals surface area contributed by atoms with E-state index >= 15 is 0 Å². The first-order chi connectivity index (χ1) is 12.7. The number of benzene rings is 2. The van der Waals surface area contributed by atoms with Crippen LogP contribution in [0.4, 0.5) is 11.4 Å². The molecule has 132 valence electrons. The second kappa shape index (κ2) is 8.81. The maximum atomic E-state index is 12.4. The Hall–Kier alpha value is -3.14. The molecular formula is C22H23N3O. The third-order valence-electron chi connectivity index (χ3n) is 4.29. The molecule has 1 amide bonds. The molecule has 0 saturated heterocycles. The van der Waals surface area contributed by atoms with E-state index < -0.39 is 0 Å². The van der Waals surface area contributed by atoms with Crippen LogP contribution in [0.2, 0.25) is 0 Å². The Bertz CT molecular complexity index is 834. The van der Waals surface area contributed by atoms with Gasteiger partial charge in [0.05, 0.1) is 17.4 Å². The third-order valence-corrected chi connectivity index (χ3v) is 4.29. The van der Waals surface area contributed by atoms with Gasteiger partial charge in [-0.2, -0.15) is 0 Å². The molecule has 0 radical (unpaired) electrons. The Morgan fingerprint density at radius 2 is 1.65 bits per heavy atom. The molecule has 26 heavy (non-hydrogen) atoms. The molecule has 0 atom stereocenters. The summed E-state index contributed by atoms with van der Waals surface area (Å²) < 4.78 is 0. The van der Waals surface area contributed by atoms with Crippen molar-refractivity contribution in [1.82, 2.24) is 10.3 Å². The molecule has 0 aliphatic carbocycles. The lowest BCUT2D eigenvalue weighted by molar-refractivity contribution is 0.0953. The van der Waals surface area contributed by atoms with Crippen molar-refractivity contribution >= 4 is 17.3 Å². The van der Waals surface area contributed by atoms with E-state index in [4.69, 9.17) is 0 Å². The van der Waals surface area contributed by atoms with Gasteiger partial charge in [-0.25, -0.2) is 0 Å². The first kappa shape index (κ1) is 17.7. The highest BCUT2D eigenvalue weighted by molar-refractivity contribution is 5.94. The van der Waals surface area contributed by atoms with Gasteiger partial charge in [-0.1, -0.05) is 48.5 Å². The molecule has 4 nitrogen and oxygen atoms in total. The molecule has 1 aromatic heterocycles. The van der Waals surface area contributed by atoms with E-state index in [-0.39, 0.29) is 5.91 Å². The van der Waals surface area contributed by atoms with E-state index in [0.717, 1.165) is 24.2 Å². The van der Waals surface area contributed by atoms with Crippen molar-refractivity contribution in [3.8, 4) is 0 Å². The van der Waals surface area contributed by atoms with E-state index in [0.29, 0.717) is 12.1 Å². The number of aromatic nitrogens is 1. The molecule has 0 aliphatic rings. The fraction of sp³-hybridized carbons (Fsp3) is 0.182. The van der Waals surface area contributed by atoms with Crippen LogP contribution >= 0.6 is 0 Å². The second-order valence-electron chi connectivity index (χ2n) is 6.17. The van der Waals surface area contributed by atoms with Crippen LogP contribution < -0.4 is 10.2 Å². The maximum Gasteiger partial charge on any atom is 0.252 e. The summed E-state index contributed by atoms with van der Waals surface area (Å²) in [6, 6.07) is 22.2. The van der Waals surface area contributed by atoms with Crippen LogP contribution in [0.3, 0.4) is 0 Å². The first-order valence-corrected chi connectivity index (χ1v) is 8.80. The molecule has 3 rings (SSSR count). The van der Waals surface area contributed by atoms with Gasteiger partial charge in [0.15, 0.2) is 0 Å². The predicted molar refractivity (Wildman–Crippen MR) is 106 cm³/mol. The Labute approximate surface area is 154 Å². The normalized spacial score (nSPS) is 10.3. The maximum absolute atomic E-state index is 12.4. The molecule has 1 heterocycles. The van der Waals surface area contributed by atoms with E-state index in [9.17, 15) is 4.79 Å². The Kier molecular flexibility index (Phi) is 5.99.